The van der Waals surface area contributed by atoms with Gasteiger partial charge in [-0.15, -0.1) is 11.3 Å². The first-order valence-electron chi connectivity index (χ1n) is 10.8. The lowest BCUT2D eigenvalue weighted by molar-refractivity contribution is -0.123. The standard InChI is InChI=1S/C26H22N4O3S/c1-16-7-3-4-8-19(16)28-23(31)14-30-21-13-18(10-11-22(21)33-15-24(30)32)25-17(2)34-26(29-25)20-9-5-6-12-27-20/h3-13H,14-15H2,1-2H3,(H,28,31). The number of carbonyl (C=O) groups excluding carboxylic acids is 2. The van der Waals surface area contributed by atoms with Crippen molar-refractivity contribution in [3.63, 3.8) is 0 Å². The zero-order chi connectivity index (χ0) is 23.7. The van der Waals surface area contributed by atoms with Crippen molar-refractivity contribution in [1.29, 1.82) is 0 Å². The molecule has 2 aromatic carbocycles. The third kappa shape index (κ3) is 4.27. The second-order valence-corrected chi connectivity index (χ2v) is 9.16. The molecule has 0 saturated heterocycles. The third-order valence-electron chi connectivity index (χ3n) is 5.58. The molecular formula is C26H22N4O3S. The van der Waals surface area contributed by atoms with Gasteiger partial charge in [0.15, 0.2) is 6.61 Å². The summed E-state index contributed by atoms with van der Waals surface area (Å²) in [4.78, 5) is 37.2. The molecule has 5 rings (SSSR count). The summed E-state index contributed by atoms with van der Waals surface area (Å²) in [5.41, 5.74) is 4.71. The zero-order valence-corrected chi connectivity index (χ0v) is 19.6. The van der Waals surface area contributed by atoms with E-state index in [2.05, 4.69) is 10.3 Å². The zero-order valence-electron chi connectivity index (χ0n) is 18.7. The van der Waals surface area contributed by atoms with Crippen molar-refractivity contribution in [2.75, 3.05) is 23.4 Å². The average molecular weight is 471 g/mol. The van der Waals surface area contributed by atoms with Gasteiger partial charge in [0, 0.05) is 22.3 Å². The van der Waals surface area contributed by atoms with E-state index in [1.54, 1.807) is 17.5 Å². The normalized spacial score (nSPS) is 12.8. The van der Waals surface area contributed by atoms with Gasteiger partial charge < -0.3 is 10.1 Å². The minimum atomic E-state index is -0.275. The van der Waals surface area contributed by atoms with E-state index in [0.717, 1.165) is 38.1 Å². The van der Waals surface area contributed by atoms with Gasteiger partial charge in [-0.1, -0.05) is 24.3 Å². The number of nitrogens with one attached hydrogen (secondary N) is 1. The van der Waals surface area contributed by atoms with Crippen molar-refractivity contribution in [3.05, 3.63) is 77.3 Å². The number of aryl methyl sites for hydroxylation is 2. The monoisotopic (exact) mass is 470 g/mol. The minimum absolute atomic E-state index is 0.108. The van der Waals surface area contributed by atoms with E-state index >= 15 is 0 Å². The Morgan fingerprint density at radius 1 is 1.12 bits per heavy atom. The van der Waals surface area contributed by atoms with E-state index in [1.807, 2.05) is 74.5 Å². The Labute approximate surface area is 201 Å². The van der Waals surface area contributed by atoms with Crippen LogP contribution in [0.4, 0.5) is 11.4 Å². The van der Waals surface area contributed by atoms with Gasteiger partial charge in [0.05, 0.1) is 17.1 Å². The largest absolute Gasteiger partial charge is 0.482 e. The van der Waals surface area contributed by atoms with Gasteiger partial charge >= 0.3 is 0 Å². The van der Waals surface area contributed by atoms with Crippen LogP contribution in [0.25, 0.3) is 22.0 Å². The Hall–Kier alpha value is -4.04. The molecule has 2 amide bonds. The molecule has 7 nitrogen and oxygen atoms in total. The average Bonchev–Trinajstić information content (AvgIpc) is 3.24. The number of hydrogen-bond donors (Lipinski definition) is 1. The van der Waals surface area contributed by atoms with E-state index in [0.29, 0.717) is 11.4 Å². The SMILES string of the molecule is Cc1ccccc1NC(=O)CN1C(=O)COc2ccc(-c3nc(-c4ccccn4)sc3C)cc21. The van der Waals surface area contributed by atoms with Crippen molar-refractivity contribution in [2.24, 2.45) is 0 Å². The molecule has 0 aliphatic carbocycles. The summed E-state index contributed by atoms with van der Waals surface area (Å²) in [7, 11) is 0. The summed E-state index contributed by atoms with van der Waals surface area (Å²) in [5.74, 6) is 0.0156. The lowest BCUT2D eigenvalue weighted by Gasteiger charge is -2.29. The predicted octanol–water partition coefficient (Wildman–Crippen LogP) is 4.85. The molecule has 0 radical (unpaired) electrons. The second-order valence-electron chi connectivity index (χ2n) is 7.95. The van der Waals surface area contributed by atoms with Gasteiger partial charge in [0.2, 0.25) is 5.91 Å². The van der Waals surface area contributed by atoms with Crippen molar-refractivity contribution in [1.82, 2.24) is 9.97 Å². The summed E-state index contributed by atoms with van der Waals surface area (Å²) in [5, 5.41) is 3.72. The molecule has 34 heavy (non-hydrogen) atoms. The number of rotatable bonds is 5. The summed E-state index contributed by atoms with van der Waals surface area (Å²) in [6, 6.07) is 18.9. The number of amides is 2. The summed E-state index contributed by atoms with van der Waals surface area (Å²) in [6.07, 6.45) is 1.74. The van der Waals surface area contributed by atoms with Crippen LogP contribution in [0.15, 0.2) is 66.9 Å². The van der Waals surface area contributed by atoms with Gasteiger partial charge in [-0.25, -0.2) is 4.98 Å². The maximum atomic E-state index is 12.8. The lowest BCUT2D eigenvalue weighted by atomic mass is 10.1. The number of hydrogen-bond acceptors (Lipinski definition) is 6. The van der Waals surface area contributed by atoms with E-state index < -0.39 is 0 Å². The van der Waals surface area contributed by atoms with Crippen LogP contribution in [0.3, 0.4) is 0 Å². The molecule has 8 heteroatoms. The highest BCUT2D eigenvalue weighted by Gasteiger charge is 2.28. The van der Waals surface area contributed by atoms with E-state index in [4.69, 9.17) is 9.72 Å². The number of fused-ring (bicyclic) bond motifs is 1. The number of anilines is 2. The molecule has 0 bridgehead atoms. The first kappa shape index (κ1) is 21.8. The number of para-hydroxylation sites is 1. The van der Waals surface area contributed by atoms with Crippen molar-refractivity contribution >= 4 is 34.5 Å². The van der Waals surface area contributed by atoms with E-state index in [9.17, 15) is 9.59 Å². The Morgan fingerprint density at radius 3 is 2.74 bits per heavy atom. The molecule has 0 spiro atoms. The van der Waals surface area contributed by atoms with Crippen molar-refractivity contribution in [3.8, 4) is 27.7 Å². The number of aromatic nitrogens is 2. The number of ether oxygens (including phenoxy) is 1. The topological polar surface area (TPSA) is 84.4 Å². The fraction of sp³-hybridized carbons (Fsp3) is 0.154. The molecule has 0 unspecified atom stereocenters. The van der Waals surface area contributed by atoms with Crippen molar-refractivity contribution in [2.45, 2.75) is 13.8 Å². The first-order chi connectivity index (χ1) is 16.5. The number of benzene rings is 2. The predicted molar refractivity (Wildman–Crippen MR) is 133 cm³/mol. The molecule has 170 valence electrons. The maximum absolute atomic E-state index is 12.8. The molecular weight excluding hydrogens is 448 g/mol. The molecule has 1 aliphatic rings. The Morgan fingerprint density at radius 2 is 1.94 bits per heavy atom. The molecule has 1 aliphatic heterocycles. The van der Waals surface area contributed by atoms with Crippen LogP contribution in [0.2, 0.25) is 0 Å². The van der Waals surface area contributed by atoms with Crippen LogP contribution in [-0.4, -0.2) is 34.9 Å². The molecule has 0 atom stereocenters. The minimum Gasteiger partial charge on any atom is -0.482 e. The van der Waals surface area contributed by atoms with Gasteiger partial charge in [-0.2, -0.15) is 0 Å². The Bertz CT molecular complexity index is 1380. The second kappa shape index (κ2) is 9.07. The van der Waals surface area contributed by atoms with Crippen LogP contribution < -0.4 is 15.0 Å². The van der Waals surface area contributed by atoms with Crippen LogP contribution in [-0.2, 0) is 9.59 Å². The quantitative estimate of drug-likeness (QED) is 0.451. The van der Waals surface area contributed by atoms with Crippen LogP contribution in [0.5, 0.6) is 5.75 Å². The highest BCUT2D eigenvalue weighted by Crippen LogP contribution is 2.39. The van der Waals surface area contributed by atoms with Crippen LogP contribution in [0, 0.1) is 13.8 Å². The van der Waals surface area contributed by atoms with E-state index in [1.165, 1.54) is 4.90 Å². The fourth-order valence-electron chi connectivity index (χ4n) is 3.83. The Kier molecular flexibility index (Phi) is 5.81. The molecule has 0 fully saturated rings. The summed E-state index contributed by atoms with van der Waals surface area (Å²) < 4.78 is 5.63. The molecule has 0 saturated carbocycles. The number of nitrogens with zero attached hydrogens (tertiary/aromatic N) is 3. The smallest absolute Gasteiger partial charge is 0.265 e. The van der Waals surface area contributed by atoms with Gasteiger partial charge in [0.25, 0.3) is 5.91 Å². The fourth-order valence-corrected chi connectivity index (χ4v) is 4.74. The van der Waals surface area contributed by atoms with Crippen molar-refractivity contribution < 1.29 is 14.3 Å². The number of carbonyl (C=O) groups is 2. The molecule has 1 N–H and O–H groups in total. The highest BCUT2D eigenvalue weighted by molar-refractivity contribution is 7.15. The number of pyridine rings is 1. The summed E-state index contributed by atoms with van der Waals surface area (Å²) in [6.45, 7) is 3.71. The lowest BCUT2D eigenvalue weighted by Crippen LogP contribution is -2.43. The van der Waals surface area contributed by atoms with Crippen LogP contribution in [0.1, 0.15) is 10.4 Å². The third-order valence-corrected chi connectivity index (χ3v) is 6.57. The molecule has 2 aromatic heterocycles. The van der Waals surface area contributed by atoms with Gasteiger partial charge in [0.1, 0.15) is 17.3 Å². The van der Waals surface area contributed by atoms with Gasteiger partial charge in [-0.3, -0.25) is 19.5 Å². The summed E-state index contributed by atoms with van der Waals surface area (Å²) >= 11 is 1.56. The molecule has 4 aromatic rings. The van der Waals surface area contributed by atoms with Gasteiger partial charge in [-0.05, 0) is 55.8 Å². The molecule has 3 heterocycles. The maximum Gasteiger partial charge on any atom is 0.265 e. The Balaban J connectivity index is 1.44. The first-order valence-corrected chi connectivity index (χ1v) is 11.6. The van der Waals surface area contributed by atoms with E-state index in [-0.39, 0.29) is 25.0 Å². The highest BCUT2D eigenvalue weighted by atomic mass is 32.1. The number of thiazole rings is 1. The van der Waals surface area contributed by atoms with Crippen LogP contribution >= 0.6 is 11.3 Å².